The smallest absolute Gasteiger partial charge is 0.235 e. The first-order valence-corrected chi connectivity index (χ1v) is 8.79. The molecule has 0 amide bonds. The second-order valence-electron chi connectivity index (χ2n) is 5.16. The van der Waals surface area contributed by atoms with Gasteiger partial charge in [-0.2, -0.15) is 0 Å². The normalized spacial score (nSPS) is 11.4. The first-order valence-electron chi connectivity index (χ1n) is 7.67. The van der Waals surface area contributed by atoms with E-state index in [2.05, 4.69) is 0 Å². The number of fused-ring (bicyclic) bond motifs is 1. The van der Waals surface area contributed by atoms with Gasteiger partial charge in [0.1, 0.15) is 11.9 Å². The highest BCUT2D eigenvalue weighted by Crippen LogP contribution is 2.36. The molecule has 2 N–H and O–H groups in total. The zero-order chi connectivity index (χ0) is 17.8. The molecule has 3 rings (SSSR count). The lowest BCUT2D eigenvalue weighted by molar-refractivity contribution is 0.337. The molecular weight excluding hydrogens is 343 g/mol. The third-order valence-corrected chi connectivity index (χ3v) is 4.27. The fourth-order valence-electron chi connectivity index (χ4n) is 2.36. The van der Waals surface area contributed by atoms with Gasteiger partial charge in [-0.3, -0.25) is 4.79 Å². The van der Waals surface area contributed by atoms with Crippen molar-refractivity contribution >= 4 is 19.8 Å². The predicted molar refractivity (Wildman–Crippen MR) is 96.7 cm³/mol. The predicted octanol–water partition coefficient (Wildman–Crippen LogP) is 3.84. The summed E-state index contributed by atoms with van der Waals surface area (Å²) in [5.41, 5.74) is 0.535. The molecule has 0 spiro atoms. The van der Waals surface area contributed by atoms with Gasteiger partial charge in [0, 0.05) is 12.2 Å². The summed E-state index contributed by atoms with van der Waals surface area (Å²) in [6.45, 7) is 2.44. The molecule has 0 bridgehead atoms. The molecule has 0 radical (unpaired) electrons. The van der Waals surface area contributed by atoms with Crippen LogP contribution in [0.4, 0.5) is 0 Å². The lowest BCUT2D eigenvalue weighted by Gasteiger charge is -2.12. The van der Waals surface area contributed by atoms with Crippen molar-refractivity contribution in [2.75, 3.05) is 13.0 Å². The third-order valence-electron chi connectivity index (χ3n) is 3.52. The number of aromatic hydroxyl groups is 2. The van der Waals surface area contributed by atoms with Crippen LogP contribution in [0.3, 0.4) is 0 Å². The number of hydrogen-bond donors (Lipinski definition) is 2. The Balaban J connectivity index is 2.13. The Hall–Kier alpha value is -2.56. The molecule has 6 nitrogen and oxygen atoms in total. The average molecular weight is 360 g/mol. The van der Waals surface area contributed by atoms with Crippen LogP contribution in [0.15, 0.2) is 51.7 Å². The molecule has 0 aliphatic carbocycles. The van der Waals surface area contributed by atoms with Crippen LogP contribution in [0, 0.1) is 0 Å². The third kappa shape index (κ3) is 3.60. The van der Waals surface area contributed by atoms with Gasteiger partial charge >= 0.3 is 0 Å². The number of phenolic OH excluding ortho intramolecular Hbond substituents is 2. The molecule has 0 aliphatic rings. The van der Waals surface area contributed by atoms with Crippen molar-refractivity contribution in [2.24, 2.45) is 0 Å². The summed E-state index contributed by atoms with van der Waals surface area (Å²) in [6.07, 6.45) is 0.216. The maximum absolute atomic E-state index is 12.8. The summed E-state index contributed by atoms with van der Waals surface area (Å²) in [7, 11) is 0.0886. The average Bonchev–Trinajstić information content (AvgIpc) is 2.62. The fourth-order valence-corrected chi connectivity index (χ4v) is 2.85. The molecular formula is C18H17O6P. The van der Waals surface area contributed by atoms with Gasteiger partial charge in [0.25, 0.3) is 0 Å². The van der Waals surface area contributed by atoms with Crippen LogP contribution in [-0.2, 0) is 4.52 Å². The van der Waals surface area contributed by atoms with Gasteiger partial charge in [-0.1, -0.05) is 12.1 Å². The van der Waals surface area contributed by atoms with E-state index in [9.17, 15) is 15.0 Å². The lowest BCUT2D eigenvalue weighted by atomic mass is 10.1. The summed E-state index contributed by atoms with van der Waals surface area (Å²) in [4.78, 5) is 12.8. The molecule has 1 heterocycles. The second kappa shape index (κ2) is 7.55. The summed E-state index contributed by atoms with van der Waals surface area (Å²) in [5, 5.41) is 19.7. The highest BCUT2D eigenvalue weighted by molar-refractivity contribution is 7.31. The van der Waals surface area contributed by atoms with Crippen LogP contribution < -0.4 is 10.2 Å². The maximum Gasteiger partial charge on any atom is 0.235 e. The molecule has 2 aromatic carbocycles. The molecule has 0 saturated carbocycles. The molecule has 1 unspecified atom stereocenters. The molecule has 130 valence electrons. The first kappa shape index (κ1) is 17.3. The molecule has 1 atom stereocenters. The van der Waals surface area contributed by atoms with E-state index in [1.807, 2.05) is 6.92 Å². The number of benzene rings is 2. The highest BCUT2D eigenvalue weighted by Gasteiger charge is 2.18. The van der Waals surface area contributed by atoms with E-state index >= 15 is 0 Å². The minimum Gasteiger partial charge on any atom is -0.504 e. The quantitative estimate of drug-likeness (QED) is 0.394. The Morgan fingerprint density at radius 1 is 1.12 bits per heavy atom. The summed E-state index contributed by atoms with van der Waals surface area (Å²) >= 11 is 0. The molecule has 0 fully saturated rings. The molecule has 25 heavy (non-hydrogen) atoms. The van der Waals surface area contributed by atoms with Crippen LogP contribution in [0.5, 0.6) is 17.2 Å². The Bertz CT molecular complexity index is 950. The second-order valence-corrected chi connectivity index (χ2v) is 6.02. The largest absolute Gasteiger partial charge is 0.504 e. The van der Waals surface area contributed by atoms with Gasteiger partial charge < -0.3 is 23.9 Å². The van der Waals surface area contributed by atoms with E-state index in [0.717, 1.165) is 0 Å². The van der Waals surface area contributed by atoms with Crippen molar-refractivity contribution in [1.82, 2.24) is 0 Å². The molecule has 0 aliphatic heterocycles. The van der Waals surface area contributed by atoms with Crippen LogP contribution in [0.2, 0.25) is 0 Å². The van der Waals surface area contributed by atoms with Crippen molar-refractivity contribution in [2.45, 2.75) is 6.92 Å². The monoisotopic (exact) mass is 360 g/mol. The van der Waals surface area contributed by atoms with Crippen LogP contribution in [-0.4, -0.2) is 23.2 Å². The van der Waals surface area contributed by atoms with Gasteiger partial charge in [-0.05, 0) is 37.3 Å². The van der Waals surface area contributed by atoms with Gasteiger partial charge in [0.2, 0.25) is 11.2 Å². The summed E-state index contributed by atoms with van der Waals surface area (Å²) in [6, 6.07) is 11.0. The zero-order valence-electron chi connectivity index (χ0n) is 13.5. The first-order chi connectivity index (χ1) is 12.1. The Kier molecular flexibility index (Phi) is 5.22. The van der Waals surface area contributed by atoms with Crippen LogP contribution in [0.25, 0.3) is 22.3 Å². The van der Waals surface area contributed by atoms with Crippen LogP contribution in [0.1, 0.15) is 6.92 Å². The molecule has 0 saturated heterocycles. The lowest BCUT2D eigenvalue weighted by Crippen LogP contribution is -2.09. The number of ether oxygens (including phenoxy) is 1. The van der Waals surface area contributed by atoms with E-state index < -0.39 is 0 Å². The Morgan fingerprint density at radius 3 is 2.68 bits per heavy atom. The van der Waals surface area contributed by atoms with E-state index in [-0.39, 0.29) is 43.6 Å². The SMILES string of the molecule is CCOPCOc1c(-c2ccc(O)c(O)c2)oc2ccccc2c1=O. The fraction of sp³-hybridized carbons (Fsp3) is 0.167. The molecule has 7 heteroatoms. The minimum atomic E-state index is -0.310. The number of para-hydroxylation sites is 1. The van der Waals surface area contributed by atoms with Gasteiger partial charge in [-0.25, -0.2) is 0 Å². The van der Waals surface area contributed by atoms with Gasteiger partial charge in [-0.15, -0.1) is 0 Å². The standard InChI is InChI=1S/C18H17O6P/c1-2-23-25-10-22-18-16(21)12-5-3-4-6-15(12)24-17(18)11-7-8-13(19)14(20)9-11/h3-9,19-20,25H,2,10H2,1H3. The Labute approximate surface area is 145 Å². The van der Waals surface area contributed by atoms with Gasteiger partial charge in [0.15, 0.2) is 17.3 Å². The van der Waals surface area contributed by atoms with E-state index in [1.54, 1.807) is 30.3 Å². The van der Waals surface area contributed by atoms with Crippen molar-refractivity contribution in [3.63, 3.8) is 0 Å². The van der Waals surface area contributed by atoms with Crippen LogP contribution >= 0.6 is 8.81 Å². The molecule has 1 aromatic heterocycles. The van der Waals surface area contributed by atoms with Crippen molar-refractivity contribution in [1.29, 1.82) is 0 Å². The number of phenols is 2. The maximum atomic E-state index is 12.8. The van der Waals surface area contributed by atoms with Crippen molar-refractivity contribution < 1.29 is 23.9 Å². The van der Waals surface area contributed by atoms with E-state index in [4.69, 9.17) is 13.7 Å². The van der Waals surface area contributed by atoms with Crippen molar-refractivity contribution in [3.05, 3.63) is 52.7 Å². The van der Waals surface area contributed by atoms with E-state index in [0.29, 0.717) is 23.1 Å². The number of hydrogen-bond acceptors (Lipinski definition) is 6. The highest BCUT2D eigenvalue weighted by atomic mass is 31.1. The summed E-state index contributed by atoms with van der Waals surface area (Å²) < 4.78 is 16.8. The van der Waals surface area contributed by atoms with E-state index in [1.165, 1.54) is 12.1 Å². The Morgan fingerprint density at radius 2 is 1.92 bits per heavy atom. The van der Waals surface area contributed by atoms with Gasteiger partial charge in [0.05, 0.1) is 14.2 Å². The minimum absolute atomic E-state index is 0.0518. The number of rotatable bonds is 6. The zero-order valence-corrected chi connectivity index (χ0v) is 14.5. The van der Waals surface area contributed by atoms with Crippen molar-refractivity contribution in [3.8, 4) is 28.6 Å². The molecule has 3 aromatic rings. The topological polar surface area (TPSA) is 89.1 Å². The summed E-state index contributed by atoms with van der Waals surface area (Å²) in [5.74, 6) is -0.320.